The summed E-state index contributed by atoms with van der Waals surface area (Å²) in [7, 11) is 1.47. The van der Waals surface area contributed by atoms with Crippen molar-refractivity contribution in [1.29, 1.82) is 0 Å². The molecule has 6 nitrogen and oxygen atoms in total. The molecule has 21 heavy (non-hydrogen) atoms. The number of carboxylic acid groups (broad SMARTS) is 1. The predicted molar refractivity (Wildman–Crippen MR) is 81.2 cm³/mol. The summed E-state index contributed by atoms with van der Waals surface area (Å²) in [4.78, 5) is 22.8. The third-order valence-electron chi connectivity index (χ3n) is 3.23. The summed E-state index contributed by atoms with van der Waals surface area (Å²) in [5, 5.41) is 14.6. The molecule has 1 aromatic carbocycles. The number of hydrogen-bond acceptors (Lipinski definition) is 3. The van der Waals surface area contributed by atoms with Crippen molar-refractivity contribution in [3.63, 3.8) is 0 Å². The molecule has 0 radical (unpaired) electrons. The van der Waals surface area contributed by atoms with E-state index in [0.29, 0.717) is 16.5 Å². The van der Waals surface area contributed by atoms with Gasteiger partial charge in [0, 0.05) is 17.1 Å². The summed E-state index contributed by atoms with van der Waals surface area (Å²) >= 11 is 5.99. The maximum Gasteiger partial charge on any atom is 0.319 e. The molecule has 0 aliphatic rings. The van der Waals surface area contributed by atoms with Gasteiger partial charge in [-0.2, -0.15) is 0 Å². The smallest absolute Gasteiger partial charge is 0.319 e. The Kier molecular flexibility index (Phi) is 5.84. The normalized spacial score (nSPS) is 13.2. The average Bonchev–Trinajstić information content (AvgIpc) is 2.41. The molecule has 1 aromatic rings. The molecule has 2 unspecified atom stereocenters. The Morgan fingerprint density at radius 1 is 1.33 bits per heavy atom. The molecule has 1 rings (SSSR count). The van der Waals surface area contributed by atoms with Crippen LogP contribution >= 0.6 is 11.6 Å². The van der Waals surface area contributed by atoms with Crippen LogP contribution in [0, 0.1) is 12.8 Å². The molecule has 0 saturated heterocycles. The Labute approximate surface area is 128 Å². The second-order valence-electron chi connectivity index (χ2n) is 4.82. The van der Waals surface area contributed by atoms with Crippen LogP contribution in [0.25, 0.3) is 0 Å². The number of halogens is 1. The summed E-state index contributed by atoms with van der Waals surface area (Å²) in [5.74, 6) is -1.23. The van der Waals surface area contributed by atoms with Crippen molar-refractivity contribution >= 4 is 29.3 Å². The monoisotopic (exact) mass is 314 g/mol. The van der Waals surface area contributed by atoms with Crippen LogP contribution in [0.15, 0.2) is 12.1 Å². The van der Waals surface area contributed by atoms with Crippen LogP contribution in [0.5, 0.6) is 5.75 Å². The number of nitrogens with one attached hydrogen (secondary N) is 2. The molecule has 2 atom stereocenters. The Morgan fingerprint density at radius 3 is 2.48 bits per heavy atom. The van der Waals surface area contributed by atoms with Gasteiger partial charge in [0.1, 0.15) is 5.75 Å². The fourth-order valence-electron chi connectivity index (χ4n) is 1.63. The Hall–Kier alpha value is -1.95. The second-order valence-corrected chi connectivity index (χ2v) is 5.22. The lowest BCUT2D eigenvalue weighted by atomic mass is 10.0. The molecule has 2 amide bonds. The van der Waals surface area contributed by atoms with Gasteiger partial charge in [0.2, 0.25) is 0 Å². The van der Waals surface area contributed by atoms with E-state index in [2.05, 4.69) is 10.6 Å². The first kappa shape index (κ1) is 17.1. The van der Waals surface area contributed by atoms with Crippen LogP contribution in [0.1, 0.15) is 19.4 Å². The molecule has 0 saturated carbocycles. The first-order chi connectivity index (χ1) is 9.76. The van der Waals surface area contributed by atoms with Crippen molar-refractivity contribution in [3.8, 4) is 5.75 Å². The van der Waals surface area contributed by atoms with Crippen molar-refractivity contribution in [1.82, 2.24) is 5.32 Å². The lowest BCUT2D eigenvalue weighted by Gasteiger charge is -2.19. The van der Waals surface area contributed by atoms with E-state index < -0.39 is 24.0 Å². The highest BCUT2D eigenvalue weighted by Crippen LogP contribution is 2.30. The van der Waals surface area contributed by atoms with Crippen LogP contribution in [0.4, 0.5) is 10.5 Å². The number of benzene rings is 1. The minimum Gasteiger partial charge on any atom is -0.495 e. The van der Waals surface area contributed by atoms with E-state index in [4.69, 9.17) is 21.4 Å². The van der Waals surface area contributed by atoms with Gasteiger partial charge in [-0.3, -0.25) is 4.79 Å². The second kappa shape index (κ2) is 7.17. The first-order valence-corrected chi connectivity index (χ1v) is 6.78. The number of aliphatic carboxylic acids is 1. The van der Waals surface area contributed by atoms with Crippen molar-refractivity contribution in [2.75, 3.05) is 12.4 Å². The SMILES string of the molecule is COc1cc(Cl)c(C)cc1NC(=O)NC(C)C(C)C(=O)O. The number of aryl methyl sites for hydroxylation is 1. The largest absolute Gasteiger partial charge is 0.495 e. The van der Waals surface area contributed by atoms with Gasteiger partial charge in [-0.05, 0) is 32.4 Å². The fraction of sp³-hybridized carbons (Fsp3) is 0.429. The standard InChI is InChI=1S/C14H19ClN2O4/c1-7-5-11(12(21-4)6-10(7)15)17-14(20)16-9(3)8(2)13(18)19/h5-6,8-9H,1-4H3,(H,18,19)(H2,16,17,20). The summed E-state index contributed by atoms with van der Waals surface area (Å²) < 4.78 is 5.15. The molecular formula is C14H19ClN2O4. The van der Waals surface area contributed by atoms with Gasteiger partial charge in [0.05, 0.1) is 18.7 Å². The zero-order chi connectivity index (χ0) is 16.2. The summed E-state index contributed by atoms with van der Waals surface area (Å²) in [6, 6.07) is 2.28. The molecule has 7 heteroatoms. The van der Waals surface area contributed by atoms with E-state index in [0.717, 1.165) is 5.56 Å². The highest BCUT2D eigenvalue weighted by Gasteiger charge is 2.21. The Balaban J connectivity index is 2.79. The zero-order valence-corrected chi connectivity index (χ0v) is 13.1. The van der Waals surface area contributed by atoms with Crippen molar-refractivity contribution < 1.29 is 19.4 Å². The number of amides is 2. The van der Waals surface area contributed by atoms with E-state index in [1.54, 1.807) is 26.0 Å². The lowest BCUT2D eigenvalue weighted by Crippen LogP contribution is -2.42. The molecule has 3 N–H and O–H groups in total. The lowest BCUT2D eigenvalue weighted by molar-refractivity contribution is -0.141. The van der Waals surface area contributed by atoms with Crippen molar-refractivity contribution in [3.05, 3.63) is 22.7 Å². The number of carbonyl (C=O) groups excluding carboxylic acids is 1. The molecule has 0 spiro atoms. The number of ether oxygens (including phenoxy) is 1. The highest BCUT2D eigenvalue weighted by atomic mass is 35.5. The quantitative estimate of drug-likeness (QED) is 0.779. The third kappa shape index (κ3) is 4.53. The highest BCUT2D eigenvalue weighted by molar-refractivity contribution is 6.31. The zero-order valence-electron chi connectivity index (χ0n) is 12.4. The minimum absolute atomic E-state index is 0.430. The Bertz CT molecular complexity index is 548. The number of methoxy groups -OCH3 is 1. The average molecular weight is 315 g/mol. The van der Waals surface area contributed by atoms with Crippen LogP contribution in [-0.4, -0.2) is 30.3 Å². The molecule has 0 aliphatic carbocycles. The van der Waals surface area contributed by atoms with Gasteiger partial charge < -0.3 is 20.5 Å². The van der Waals surface area contributed by atoms with E-state index in [1.807, 2.05) is 0 Å². The molecule has 0 fully saturated rings. The van der Waals surface area contributed by atoms with Crippen LogP contribution < -0.4 is 15.4 Å². The fourth-order valence-corrected chi connectivity index (χ4v) is 1.79. The molecule has 0 aromatic heterocycles. The molecule has 116 valence electrons. The number of urea groups is 1. The molecular weight excluding hydrogens is 296 g/mol. The topological polar surface area (TPSA) is 87.7 Å². The predicted octanol–water partition coefficient (Wildman–Crippen LogP) is 2.89. The van der Waals surface area contributed by atoms with Crippen molar-refractivity contribution in [2.24, 2.45) is 5.92 Å². The van der Waals surface area contributed by atoms with E-state index >= 15 is 0 Å². The number of hydrogen-bond donors (Lipinski definition) is 3. The molecule has 0 heterocycles. The van der Waals surface area contributed by atoms with Gasteiger partial charge in [-0.15, -0.1) is 0 Å². The summed E-state index contributed by atoms with van der Waals surface area (Å²) in [6.45, 7) is 4.96. The van der Waals surface area contributed by atoms with Crippen LogP contribution in [0.3, 0.4) is 0 Å². The number of rotatable bonds is 5. The van der Waals surface area contributed by atoms with Crippen LogP contribution in [0.2, 0.25) is 5.02 Å². The number of carboxylic acids is 1. The van der Waals surface area contributed by atoms with Gasteiger partial charge in [-0.1, -0.05) is 11.6 Å². The van der Waals surface area contributed by atoms with Gasteiger partial charge in [0.25, 0.3) is 0 Å². The van der Waals surface area contributed by atoms with Crippen LogP contribution in [-0.2, 0) is 4.79 Å². The first-order valence-electron chi connectivity index (χ1n) is 6.40. The molecule has 0 bridgehead atoms. The van der Waals surface area contributed by atoms with Gasteiger partial charge >= 0.3 is 12.0 Å². The number of anilines is 1. The summed E-state index contributed by atoms with van der Waals surface area (Å²) in [6.07, 6.45) is 0. The van der Waals surface area contributed by atoms with Crippen molar-refractivity contribution in [2.45, 2.75) is 26.8 Å². The molecule has 0 aliphatic heterocycles. The minimum atomic E-state index is -0.970. The third-order valence-corrected chi connectivity index (χ3v) is 3.63. The van der Waals surface area contributed by atoms with E-state index in [9.17, 15) is 9.59 Å². The Morgan fingerprint density at radius 2 is 1.95 bits per heavy atom. The summed E-state index contributed by atoms with van der Waals surface area (Å²) in [5.41, 5.74) is 1.26. The van der Waals surface area contributed by atoms with E-state index in [1.165, 1.54) is 14.0 Å². The maximum absolute atomic E-state index is 11.9. The van der Waals surface area contributed by atoms with E-state index in [-0.39, 0.29) is 0 Å². The maximum atomic E-state index is 11.9. The van der Waals surface area contributed by atoms with Gasteiger partial charge in [0.15, 0.2) is 0 Å². The van der Waals surface area contributed by atoms with Gasteiger partial charge in [-0.25, -0.2) is 4.79 Å². The number of carbonyl (C=O) groups is 2.